The van der Waals surface area contributed by atoms with Crippen molar-refractivity contribution < 1.29 is 4.74 Å². The number of benzene rings is 1. The Balaban J connectivity index is 1.76. The highest BCUT2D eigenvalue weighted by Crippen LogP contribution is 2.26. The van der Waals surface area contributed by atoms with Crippen LogP contribution in [0.2, 0.25) is 0 Å². The van der Waals surface area contributed by atoms with E-state index in [1.165, 1.54) is 5.56 Å². The van der Waals surface area contributed by atoms with Crippen molar-refractivity contribution in [2.75, 3.05) is 19.6 Å². The van der Waals surface area contributed by atoms with Crippen molar-refractivity contribution >= 4 is 0 Å². The maximum atomic E-state index is 5.98. The summed E-state index contributed by atoms with van der Waals surface area (Å²) in [6, 6.07) is 12.6. The zero-order valence-electron chi connectivity index (χ0n) is 12.3. The molecule has 0 saturated carbocycles. The minimum absolute atomic E-state index is 0.546. The summed E-state index contributed by atoms with van der Waals surface area (Å²) in [5.74, 6) is 1.69. The molecule has 0 aliphatic carbocycles. The predicted molar refractivity (Wildman–Crippen MR) is 83.5 cm³/mol. The molecular weight excluding hydrogens is 262 g/mol. The molecule has 0 unspecified atom stereocenters. The van der Waals surface area contributed by atoms with E-state index >= 15 is 0 Å². The van der Waals surface area contributed by atoms with Gasteiger partial charge in [0.25, 0.3) is 0 Å². The summed E-state index contributed by atoms with van der Waals surface area (Å²) in [5.41, 5.74) is 1.22. The Morgan fingerprint density at radius 3 is 3.00 bits per heavy atom. The van der Waals surface area contributed by atoms with Gasteiger partial charge in [-0.1, -0.05) is 18.2 Å². The van der Waals surface area contributed by atoms with E-state index in [4.69, 9.17) is 4.74 Å². The third-order valence-electron chi connectivity index (χ3n) is 3.85. The molecule has 2 aromatic rings. The van der Waals surface area contributed by atoms with E-state index in [2.05, 4.69) is 34.3 Å². The highest BCUT2D eigenvalue weighted by Gasteiger charge is 2.19. The van der Waals surface area contributed by atoms with Crippen molar-refractivity contribution in [3.8, 4) is 11.5 Å². The maximum absolute atomic E-state index is 5.98. The number of hydrogen-bond acceptors (Lipinski definition) is 4. The Bertz CT molecular complexity index is 573. The molecule has 110 valence electrons. The maximum Gasteiger partial charge on any atom is 0.145 e. The molecule has 1 aromatic carbocycles. The molecule has 4 heteroatoms. The Morgan fingerprint density at radius 1 is 1.29 bits per heavy atom. The number of nitrogens with zero attached hydrogens (tertiary/aromatic N) is 2. The first-order valence-electron chi connectivity index (χ1n) is 7.43. The second-order valence-electron chi connectivity index (χ2n) is 5.42. The quantitative estimate of drug-likeness (QED) is 0.936. The largest absolute Gasteiger partial charge is 0.455 e. The molecule has 1 aliphatic heterocycles. The zero-order chi connectivity index (χ0) is 14.5. The van der Waals surface area contributed by atoms with E-state index in [0.29, 0.717) is 6.04 Å². The smallest absolute Gasteiger partial charge is 0.145 e. The van der Waals surface area contributed by atoms with E-state index in [0.717, 1.165) is 37.7 Å². The molecule has 1 saturated heterocycles. The number of nitrogens with one attached hydrogen (secondary N) is 1. The lowest BCUT2D eigenvalue weighted by Gasteiger charge is -2.34. The van der Waals surface area contributed by atoms with Crippen LogP contribution in [0.15, 0.2) is 48.8 Å². The molecule has 0 spiro atoms. The number of hydrogen-bond donors (Lipinski definition) is 1. The van der Waals surface area contributed by atoms with Gasteiger partial charge in [-0.15, -0.1) is 0 Å². The topological polar surface area (TPSA) is 37.4 Å². The fourth-order valence-electron chi connectivity index (χ4n) is 2.61. The van der Waals surface area contributed by atoms with Gasteiger partial charge in [-0.05, 0) is 25.1 Å². The Morgan fingerprint density at radius 2 is 2.19 bits per heavy atom. The van der Waals surface area contributed by atoms with Gasteiger partial charge >= 0.3 is 0 Å². The summed E-state index contributed by atoms with van der Waals surface area (Å²) in [6.07, 6.45) is 3.49. The third-order valence-corrected chi connectivity index (χ3v) is 3.85. The average Bonchev–Trinajstić information content (AvgIpc) is 2.52. The van der Waals surface area contributed by atoms with Gasteiger partial charge in [0.1, 0.15) is 11.5 Å². The molecule has 2 heterocycles. The molecule has 3 rings (SSSR count). The van der Waals surface area contributed by atoms with Crippen LogP contribution in [0.4, 0.5) is 0 Å². The summed E-state index contributed by atoms with van der Waals surface area (Å²) in [4.78, 5) is 6.58. The van der Waals surface area contributed by atoms with Crippen LogP contribution in [0.5, 0.6) is 11.5 Å². The Kier molecular flexibility index (Phi) is 4.48. The van der Waals surface area contributed by atoms with Gasteiger partial charge in [0.2, 0.25) is 0 Å². The summed E-state index contributed by atoms with van der Waals surface area (Å²) < 4.78 is 5.98. The highest BCUT2D eigenvalue weighted by molar-refractivity contribution is 5.37. The number of aromatic nitrogens is 1. The van der Waals surface area contributed by atoms with Crippen LogP contribution in [0, 0.1) is 0 Å². The summed E-state index contributed by atoms with van der Waals surface area (Å²) in [5, 5.41) is 3.42. The van der Waals surface area contributed by atoms with E-state index in [-0.39, 0.29) is 0 Å². The summed E-state index contributed by atoms with van der Waals surface area (Å²) in [7, 11) is 0. The van der Waals surface area contributed by atoms with E-state index in [1.807, 2.05) is 24.3 Å². The fraction of sp³-hybridized carbons (Fsp3) is 0.353. The highest BCUT2D eigenvalue weighted by atomic mass is 16.5. The van der Waals surface area contributed by atoms with Crippen molar-refractivity contribution in [2.45, 2.75) is 19.5 Å². The molecule has 4 nitrogen and oxygen atoms in total. The van der Waals surface area contributed by atoms with Crippen LogP contribution in [0.1, 0.15) is 12.5 Å². The molecule has 1 aliphatic rings. The number of pyridine rings is 1. The van der Waals surface area contributed by atoms with Gasteiger partial charge in [0, 0.05) is 44.0 Å². The molecule has 1 fully saturated rings. The van der Waals surface area contributed by atoms with Crippen molar-refractivity contribution in [1.29, 1.82) is 0 Å². The first kappa shape index (κ1) is 14.0. The monoisotopic (exact) mass is 283 g/mol. The predicted octanol–water partition coefficient (Wildman–Crippen LogP) is 2.67. The van der Waals surface area contributed by atoms with Crippen LogP contribution in [0.25, 0.3) is 0 Å². The summed E-state index contributed by atoms with van der Waals surface area (Å²) >= 11 is 0. The van der Waals surface area contributed by atoms with E-state index in [9.17, 15) is 0 Å². The van der Waals surface area contributed by atoms with Gasteiger partial charge in [-0.3, -0.25) is 9.88 Å². The van der Waals surface area contributed by atoms with Crippen molar-refractivity contribution in [3.63, 3.8) is 0 Å². The lowest BCUT2D eigenvalue weighted by molar-refractivity contribution is 0.164. The molecule has 21 heavy (non-hydrogen) atoms. The fourth-order valence-corrected chi connectivity index (χ4v) is 2.61. The normalized spacial score (nSPS) is 19.4. The average molecular weight is 283 g/mol. The SMILES string of the molecule is C[C@@H]1CNCCN1Cc1ccccc1Oc1cccnc1. The molecule has 0 radical (unpaired) electrons. The minimum atomic E-state index is 0.546. The van der Waals surface area contributed by atoms with Crippen LogP contribution < -0.4 is 10.1 Å². The first-order chi connectivity index (χ1) is 10.3. The van der Waals surface area contributed by atoms with Gasteiger partial charge in [-0.25, -0.2) is 0 Å². The van der Waals surface area contributed by atoms with E-state index < -0.39 is 0 Å². The Hall–Kier alpha value is -1.91. The van der Waals surface area contributed by atoms with Gasteiger partial charge in [-0.2, -0.15) is 0 Å². The minimum Gasteiger partial charge on any atom is -0.455 e. The van der Waals surface area contributed by atoms with Gasteiger partial charge in [0.05, 0.1) is 6.20 Å². The molecule has 0 bridgehead atoms. The second-order valence-corrected chi connectivity index (χ2v) is 5.42. The first-order valence-corrected chi connectivity index (χ1v) is 7.43. The molecule has 1 N–H and O–H groups in total. The lowest BCUT2D eigenvalue weighted by atomic mass is 10.1. The van der Waals surface area contributed by atoms with Crippen LogP contribution >= 0.6 is 0 Å². The number of ether oxygens (including phenoxy) is 1. The number of rotatable bonds is 4. The van der Waals surface area contributed by atoms with Gasteiger partial charge in [0.15, 0.2) is 0 Å². The molecular formula is C17H21N3O. The number of para-hydroxylation sites is 1. The van der Waals surface area contributed by atoms with E-state index in [1.54, 1.807) is 12.4 Å². The molecule has 1 atom stereocenters. The third kappa shape index (κ3) is 3.60. The van der Waals surface area contributed by atoms with Crippen molar-refractivity contribution in [3.05, 3.63) is 54.4 Å². The zero-order valence-corrected chi connectivity index (χ0v) is 12.3. The van der Waals surface area contributed by atoms with Crippen LogP contribution in [-0.4, -0.2) is 35.6 Å². The molecule has 0 amide bonds. The molecule has 1 aromatic heterocycles. The van der Waals surface area contributed by atoms with Crippen LogP contribution in [-0.2, 0) is 6.54 Å². The lowest BCUT2D eigenvalue weighted by Crippen LogP contribution is -2.49. The Labute approximate surface area is 125 Å². The summed E-state index contributed by atoms with van der Waals surface area (Å²) in [6.45, 7) is 6.35. The van der Waals surface area contributed by atoms with Crippen LogP contribution in [0.3, 0.4) is 0 Å². The standard InChI is InChI=1S/C17H21N3O/c1-14-11-19-9-10-20(14)13-15-5-2-3-7-17(15)21-16-6-4-8-18-12-16/h2-8,12,14,19H,9-11,13H2,1H3/t14-/m1/s1. The number of piperazine rings is 1. The second kappa shape index (κ2) is 6.70. The van der Waals surface area contributed by atoms with Crippen molar-refractivity contribution in [2.24, 2.45) is 0 Å². The van der Waals surface area contributed by atoms with Crippen molar-refractivity contribution in [1.82, 2.24) is 15.2 Å². The van der Waals surface area contributed by atoms with Gasteiger partial charge < -0.3 is 10.1 Å².